The second-order valence-electron chi connectivity index (χ2n) is 2.40. The number of nitrogens with two attached hydrogens (primary N) is 2. The average molecular weight is 172 g/mol. The molecule has 0 aliphatic heterocycles. The van der Waals surface area contributed by atoms with Gasteiger partial charge in [0.15, 0.2) is 0 Å². The van der Waals surface area contributed by atoms with Crippen LogP contribution in [0, 0.1) is 0 Å². The Kier molecular flexibility index (Phi) is 4.83. The van der Waals surface area contributed by atoms with Crippen LogP contribution in [-0.4, -0.2) is 36.6 Å². The number of aliphatic imine (C=N–C) groups is 1. The number of guanidine groups is 2. The van der Waals surface area contributed by atoms with Gasteiger partial charge in [-0.3, -0.25) is 9.89 Å². The van der Waals surface area contributed by atoms with Gasteiger partial charge in [-0.05, 0) is 18.8 Å². The highest BCUT2D eigenvalue weighted by Gasteiger charge is 2.06. The van der Waals surface area contributed by atoms with E-state index in [1.165, 1.54) is 0 Å². The average Bonchev–Trinajstić information content (AvgIpc) is 2.01. The van der Waals surface area contributed by atoms with Crippen LogP contribution in [0.1, 0.15) is 13.8 Å². The molecule has 0 fully saturated rings. The van der Waals surface area contributed by atoms with Crippen molar-refractivity contribution in [3.8, 4) is 0 Å². The summed E-state index contributed by atoms with van der Waals surface area (Å²) in [5.74, 6) is 0.784. The maximum atomic E-state index is 5.26. The van der Waals surface area contributed by atoms with Gasteiger partial charge < -0.3 is 11.5 Å². The summed E-state index contributed by atoms with van der Waals surface area (Å²) < 4.78 is 1.93. The highest BCUT2D eigenvalue weighted by atomic mass is 15.2. The number of hydrogen-bond acceptors (Lipinski definition) is 0. The molecular formula is C7H18N5+. The molecule has 0 saturated heterocycles. The smallest absolute Gasteiger partial charge is 0.356 e. The van der Waals surface area contributed by atoms with E-state index in [4.69, 9.17) is 11.5 Å². The van der Waals surface area contributed by atoms with E-state index in [9.17, 15) is 0 Å². The van der Waals surface area contributed by atoms with E-state index in [0.29, 0.717) is 5.96 Å². The highest BCUT2D eigenvalue weighted by molar-refractivity contribution is 5.90. The van der Waals surface area contributed by atoms with Crippen LogP contribution in [0.5, 0.6) is 0 Å². The molecule has 5 N–H and O–H groups in total. The fraction of sp³-hybridized carbons (Fsp3) is 0.714. The second kappa shape index (κ2) is 5.40. The van der Waals surface area contributed by atoms with Crippen LogP contribution >= 0.6 is 0 Å². The molecule has 0 bridgehead atoms. The first kappa shape index (κ1) is 10.7. The van der Waals surface area contributed by atoms with Crippen LogP contribution in [0.25, 0.3) is 0 Å². The predicted molar refractivity (Wildman–Crippen MR) is 51.2 cm³/mol. The van der Waals surface area contributed by atoms with Crippen LogP contribution < -0.4 is 16.8 Å². The largest absolute Gasteiger partial charge is 0.390 e. The standard InChI is InChI=1S/C7H17N5/c1-4-10-7(11-6(8)9)12(3)5-2/h4-5H2,1-3H3,(H4,8,9,10,11)/p+1. The molecule has 0 saturated carbocycles. The minimum absolute atomic E-state index is 0.0752. The van der Waals surface area contributed by atoms with Gasteiger partial charge >= 0.3 is 5.96 Å². The maximum absolute atomic E-state index is 5.26. The zero-order valence-electron chi connectivity index (χ0n) is 7.96. The molecular weight excluding hydrogens is 154 g/mol. The highest BCUT2D eigenvalue weighted by Crippen LogP contribution is 1.76. The van der Waals surface area contributed by atoms with Crippen molar-refractivity contribution >= 4 is 11.9 Å². The molecule has 0 unspecified atom stereocenters. The Morgan fingerprint density at radius 2 is 2.00 bits per heavy atom. The van der Waals surface area contributed by atoms with Gasteiger partial charge in [0.2, 0.25) is 0 Å². The first-order valence-electron chi connectivity index (χ1n) is 4.03. The van der Waals surface area contributed by atoms with Crippen molar-refractivity contribution in [2.45, 2.75) is 13.8 Å². The first-order chi connectivity index (χ1) is 5.61. The lowest BCUT2D eigenvalue weighted by atomic mass is 10.6. The van der Waals surface area contributed by atoms with Gasteiger partial charge in [-0.25, -0.2) is 0 Å². The van der Waals surface area contributed by atoms with Crippen molar-refractivity contribution in [1.82, 2.24) is 5.32 Å². The number of hydrogen-bond donors (Lipinski definition) is 3. The number of nitrogens with zero attached hydrogens (tertiary/aromatic N) is 2. The van der Waals surface area contributed by atoms with Gasteiger partial charge in [-0.2, -0.15) is 0 Å². The lowest BCUT2D eigenvalue weighted by Crippen LogP contribution is -2.35. The normalized spacial score (nSPS) is 11.9. The summed E-state index contributed by atoms with van der Waals surface area (Å²) in [5.41, 5.74) is 10.5. The van der Waals surface area contributed by atoms with Crippen molar-refractivity contribution in [2.24, 2.45) is 16.5 Å². The van der Waals surface area contributed by atoms with Crippen LogP contribution in [-0.2, 0) is 0 Å². The van der Waals surface area contributed by atoms with Crippen LogP contribution in [0.3, 0.4) is 0 Å². The summed E-state index contributed by atoms with van der Waals surface area (Å²) in [5, 5.41) is 3.06. The Morgan fingerprint density at radius 3 is 2.33 bits per heavy atom. The molecule has 0 spiro atoms. The topological polar surface area (TPSA) is 79.4 Å². The predicted octanol–water partition coefficient (Wildman–Crippen LogP) is -1.11. The Morgan fingerprint density at radius 1 is 1.42 bits per heavy atom. The summed E-state index contributed by atoms with van der Waals surface area (Å²) in [6, 6.07) is 0. The van der Waals surface area contributed by atoms with Gasteiger partial charge in [-0.15, -0.1) is 0 Å². The Bertz CT molecular complexity index is 190. The molecule has 0 aromatic rings. The Hall–Kier alpha value is -1.26. The van der Waals surface area contributed by atoms with E-state index in [-0.39, 0.29) is 5.96 Å². The molecule has 0 aromatic heterocycles. The van der Waals surface area contributed by atoms with Gasteiger partial charge in [0.1, 0.15) is 0 Å². The Balaban J connectivity index is 4.54. The molecule has 0 aliphatic rings. The third kappa shape index (κ3) is 3.80. The van der Waals surface area contributed by atoms with Gasteiger partial charge in [0.05, 0.1) is 20.1 Å². The molecule has 0 rings (SSSR count). The van der Waals surface area contributed by atoms with E-state index in [1.807, 2.05) is 25.5 Å². The summed E-state index contributed by atoms with van der Waals surface area (Å²) >= 11 is 0. The molecule has 0 aliphatic carbocycles. The van der Waals surface area contributed by atoms with Crippen molar-refractivity contribution in [3.05, 3.63) is 0 Å². The molecule has 0 heterocycles. The Labute approximate surface area is 73.2 Å². The molecule has 0 amide bonds. The summed E-state index contributed by atoms with van der Waals surface area (Å²) in [4.78, 5) is 3.94. The monoisotopic (exact) mass is 172 g/mol. The molecule has 0 radical (unpaired) electrons. The van der Waals surface area contributed by atoms with Crippen LogP contribution in [0.4, 0.5) is 0 Å². The molecule has 0 atom stereocenters. The van der Waals surface area contributed by atoms with Crippen molar-refractivity contribution in [1.29, 1.82) is 0 Å². The minimum Gasteiger partial charge on any atom is -0.356 e. The first-order valence-corrected chi connectivity index (χ1v) is 4.03. The minimum atomic E-state index is 0.0752. The lowest BCUT2D eigenvalue weighted by molar-refractivity contribution is -0.496. The molecule has 12 heavy (non-hydrogen) atoms. The second-order valence-corrected chi connectivity index (χ2v) is 2.40. The van der Waals surface area contributed by atoms with Gasteiger partial charge in [0.25, 0.3) is 5.96 Å². The zero-order chi connectivity index (χ0) is 9.56. The molecule has 5 nitrogen and oxygen atoms in total. The van der Waals surface area contributed by atoms with Crippen molar-refractivity contribution in [2.75, 3.05) is 20.1 Å². The third-order valence-corrected chi connectivity index (χ3v) is 1.41. The van der Waals surface area contributed by atoms with E-state index in [2.05, 4.69) is 10.3 Å². The number of nitrogens with one attached hydrogen (secondary N) is 1. The quantitative estimate of drug-likeness (QED) is 0.281. The third-order valence-electron chi connectivity index (χ3n) is 1.41. The molecule has 5 heteroatoms. The summed E-state index contributed by atoms with van der Waals surface area (Å²) in [6.07, 6.45) is 0. The fourth-order valence-electron chi connectivity index (χ4n) is 0.690. The fourth-order valence-corrected chi connectivity index (χ4v) is 0.690. The van der Waals surface area contributed by atoms with Gasteiger partial charge in [0, 0.05) is 0 Å². The van der Waals surface area contributed by atoms with Crippen LogP contribution in [0.15, 0.2) is 4.99 Å². The lowest BCUT2D eigenvalue weighted by Gasteiger charge is -2.00. The molecule has 70 valence electrons. The van der Waals surface area contributed by atoms with E-state index in [0.717, 1.165) is 13.1 Å². The van der Waals surface area contributed by atoms with Gasteiger partial charge in [-0.1, -0.05) is 0 Å². The maximum Gasteiger partial charge on any atom is 0.390 e. The van der Waals surface area contributed by atoms with Crippen LogP contribution in [0.2, 0.25) is 0 Å². The van der Waals surface area contributed by atoms with Crippen molar-refractivity contribution in [3.63, 3.8) is 0 Å². The number of rotatable bonds is 2. The van der Waals surface area contributed by atoms with E-state index >= 15 is 0 Å². The molecule has 0 aromatic carbocycles. The van der Waals surface area contributed by atoms with Crippen molar-refractivity contribution < 1.29 is 4.58 Å². The summed E-state index contributed by atoms with van der Waals surface area (Å²) in [6.45, 7) is 5.68. The zero-order valence-corrected chi connectivity index (χ0v) is 7.96. The SMILES string of the molecule is CCNC(N=C(N)N)=[N+](C)CC. The van der Waals surface area contributed by atoms with E-state index < -0.39 is 0 Å². The van der Waals surface area contributed by atoms with E-state index in [1.54, 1.807) is 0 Å². The summed E-state index contributed by atoms with van der Waals surface area (Å²) in [7, 11) is 1.92.